The van der Waals surface area contributed by atoms with Crippen LogP contribution in [0.5, 0.6) is 0 Å². The van der Waals surface area contributed by atoms with E-state index in [1.54, 1.807) is 12.3 Å². The molecule has 296 valence electrons. The van der Waals surface area contributed by atoms with Crippen LogP contribution < -0.4 is 4.90 Å². The van der Waals surface area contributed by atoms with Crippen molar-refractivity contribution >= 4 is 60.6 Å². The van der Waals surface area contributed by atoms with Gasteiger partial charge < -0.3 is 4.90 Å². The number of benzene rings is 6. The van der Waals surface area contributed by atoms with Crippen molar-refractivity contribution in [1.82, 2.24) is 19.5 Å². The average molecular weight is 798 g/mol. The van der Waals surface area contributed by atoms with Crippen LogP contribution in [0.25, 0.3) is 66.4 Å². The van der Waals surface area contributed by atoms with Gasteiger partial charge in [0.25, 0.3) is 0 Å². The molecule has 5 heteroatoms. The summed E-state index contributed by atoms with van der Waals surface area (Å²) in [4.78, 5) is 17.6. The van der Waals surface area contributed by atoms with Crippen LogP contribution in [0, 0.1) is 0 Å². The third-order valence-corrected chi connectivity index (χ3v) is 11.7. The third kappa shape index (κ3) is 6.85. The molecule has 6 aromatic carbocycles. The number of fused-ring (bicyclic) bond motifs is 7. The number of aromatic nitrogens is 4. The first kappa shape index (κ1) is 38.1. The van der Waals surface area contributed by atoms with E-state index >= 15 is 0 Å². The van der Waals surface area contributed by atoms with E-state index < -0.39 is 0 Å². The number of allylic oxidation sites excluding steroid dienone is 10. The number of hydrogen-bond donors (Lipinski definition) is 0. The topological polar surface area (TPSA) is 46.8 Å². The molecule has 4 heterocycles. The fourth-order valence-electron chi connectivity index (χ4n) is 8.95. The number of anilines is 2. The van der Waals surface area contributed by atoms with Gasteiger partial charge in [-0.25, -0.2) is 9.97 Å². The SMILES string of the molecule is C=C/C=C\C=C\C1C(/C=C/C=C/C=C(\C=C)c2cc3c4ccccc4n(-c4nc(-c5ccccc5)c5cccnc5n4)c3c3ccccc23)c2ccccc2N1c1ccccc1. The lowest BCUT2D eigenvalue weighted by molar-refractivity contribution is 0.752. The van der Waals surface area contributed by atoms with E-state index in [0.29, 0.717) is 11.6 Å². The molecule has 5 nitrogen and oxygen atoms in total. The standard InChI is InChI=1S/C57H43N5/c1-3-5-6-16-35-51-44(45-31-19-21-36-52(45)61(51)42-27-13-9-14-28-42)30-15-8-10-24-40(4-2)49-39-50-46-32-20-22-37-53(46)62(55(50)47-33-18-17-29-43(47)49)57-59-54(41-25-11-7-12-26-41)48-34-23-38-58-56(48)60-57/h3-39,44,51H,1-2H2/b6-5-,10-8+,30-15+,35-16+,40-24+. The maximum absolute atomic E-state index is 5.30. The summed E-state index contributed by atoms with van der Waals surface area (Å²) < 4.78 is 2.21. The first-order valence-electron chi connectivity index (χ1n) is 20.9. The summed E-state index contributed by atoms with van der Waals surface area (Å²) >= 11 is 0. The van der Waals surface area contributed by atoms with Gasteiger partial charge in [0.05, 0.1) is 22.8 Å². The molecule has 0 saturated heterocycles. The smallest absolute Gasteiger partial charge is 0.237 e. The lowest BCUT2D eigenvalue weighted by atomic mass is 9.93. The number of rotatable bonds is 11. The van der Waals surface area contributed by atoms with Crippen LogP contribution in [0.4, 0.5) is 11.4 Å². The van der Waals surface area contributed by atoms with E-state index in [9.17, 15) is 0 Å². The Balaban J connectivity index is 1.06. The molecule has 0 aliphatic carbocycles. The molecular weight excluding hydrogens is 755 g/mol. The monoisotopic (exact) mass is 797 g/mol. The van der Waals surface area contributed by atoms with Crippen LogP contribution >= 0.6 is 0 Å². The van der Waals surface area contributed by atoms with Crippen LogP contribution in [-0.2, 0) is 0 Å². The molecule has 0 N–H and O–H groups in total. The summed E-state index contributed by atoms with van der Waals surface area (Å²) in [6, 6.07) is 53.1. The Hall–Kier alpha value is -8.15. The maximum atomic E-state index is 5.30. The molecule has 2 atom stereocenters. The second kappa shape index (κ2) is 16.8. The highest BCUT2D eigenvalue weighted by molar-refractivity contribution is 6.21. The van der Waals surface area contributed by atoms with Gasteiger partial charge in [-0.2, -0.15) is 4.98 Å². The molecular formula is C57H43N5. The Morgan fingerprint density at radius 3 is 2.10 bits per heavy atom. The number of hydrogen-bond acceptors (Lipinski definition) is 4. The fraction of sp³-hybridized carbons (Fsp3) is 0.0351. The van der Waals surface area contributed by atoms with E-state index in [-0.39, 0.29) is 12.0 Å². The molecule has 3 aromatic heterocycles. The van der Waals surface area contributed by atoms with Crippen molar-refractivity contribution in [2.24, 2.45) is 0 Å². The van der Waals surface area contributed by atoms with Crippen molar-refractivity contribution in [2.45, 2.75) is 12.0 Å². The number of nitrogens with zero attached hydrogens (tertiary/aromatic N) is 5. The van der Waals surface area contributed by atoms with Crippen molar-refractivity contribution in [3.8, 4) is 17.2 Å². The molecule has 1 aliphatic heterocycles. The molecule has 0 fully saturated rings. The number of pyridine rings is 1. The van der Waals surface area contributed by atoms with E-state index in [1.807, 2.05) is 48.6 Å². The van der Waals surface area contributed by atoms with Crippen LogP contribution in [-0.4, -0.2) is 25.6 Å². The highest BCUT2D eigenvalue weighted by atomic mass is 15.2. The average Bonchev–Trinajstić information content (AvgIpc) is 3.84. The minimum Gasteiger partial charge on any atom is -0.333 e. The quantitative estimate of drug-likeness (QED) is 0.122. The molecule has 2 unspecified atom stereocenters. The zero-order valence-corrected chi connectivity index (χ0v) is 34.2. The van der Waals surface area contributed by atoms with Gasteiger partial charge in [-0.05, 0) is 64.6 Å². The first-order valence-corrected chi connectivity index (χ1v) is 20.9. The molecule has 0 radical (unpaired) electrons. The van der Waals surface area contributed by atoms with Crippen molar-refractivity contribution in [2.75, 3.05) is 4.90 Å². The largest absolute Gasteiger partial charge is 0.333 e. The summed E-state index contributed by atoms with van der Waals surface area (Å²) in [5.41, 5.74) is 10.4. The fourth-order valence-corrected chi connectivity index (χ4v) is 8.95. The maximum Gasteiger partial charge on any atom is 0.237 e. The molecule has 0 saturated carbocycles. The lowest BCUT2D eigenvalue weighted by Crippen LogP contribution is -2.27. The van der Waals surface area contributed by atoms with Gasteiger partial charge in [0, 0.05) is 50.6 Å². The van der Waals surface area contributed by atoms with E-state index in [0.717, 1.165) is 60.4 Å². The van der Waals surface area contributed by atoms with Crippen molar-refractivity contribution in [3.05, 3.63) is 249 Å². The van der Waals surface area contributed by atoms with Crippen LogP contribution in [0.1, 0.15) is 17.0 Å². The van der Waals surface area contributed by atoms with Crippen molar-refractivity contribution in [3.63, 3.8) is 0 Å². The summed E-state index contributed by atoms with van der Waals surface area (Å²) in [5, 5.41) is 5.36. The van der Waals surface area contributed by atoms with Gasteiger partial charge in [0.15, 0.2) is 5.65 Å². The minimum absolute atomic E-state index is 0.0922. The summed E-state index contributed by atoms with van der Waals surface area (Å²) in [6.45, 7) is 8.15. The lowest BCUT2D eigenvalue weighted by Gasteiger charge is -2.27. The van der Waals surface area contributed by atoms with Gasteiger partial charge in [0.1, 0.15) is 0 Å². The van der Waals surface area contributed by atoms with E-state index in [2.05, 4.69) is 186 Å². The molecule has 0 spiro atoms. The third-order valence-electron chi connectivity index (χ3n) is 11.7. The molecule has 9 aromatic rings. The summed E-state index contributed by atoms with van der Waals surface area (Å²) in [5.74, 6) is 0.721. The predicted molar refractivity (Wildman–Crippen MR) is 261 cm³/mol. The zero-order chi connectivity index (χ0) is 41.8. The van der Waals surface area contributed by atoms with Crippen molar-refractivity contribution in [1.29, 1.82) is 0 Å². The molecule has 0 amide bonds. The van der Waals surface area contributed by atoms with Gasteiger partial charge in [-0.3, -0.25) is 4.57 Å². The van der Waals surface area contributed by atoms with Gasteiger partial charge in [-0.1, -0.05) is 189 Å². The Labute approximate surface area is 361 Å². The molecule has 62 heavy (non-hydrogen) atoms. The highest BCUT2D eigenvalue weighted by Gasteiger charge is 2.36. The van der Waals surface area contributed by atoms with Gasteiger partial charge in [0.2, 0.25) is 5.95 Å². The second-order valence-electron chi connectivity index (χ2n) is 15.2. The van der Waals surface area contributed by atoms with Crippen molar-refractivity contribution < 1.29 is 0 Å². The Bertz CT molecular complexity index is 3290. The normalized spacial score (nSPS) is 15.7. The van der Waals surface area contributed by atoms with Gasteiger partial charge >= 0.3 is 0 Å². The minimum atomic E-state index is 0.0922. The van der Waals surface area contributed by atoms with Crippen LogP contribution in [0.3, 0.4) is 0 Å². The Kier molecular flexibility index (Phi) is 10.3. The second-order valence-corrected chi connectivity index (χ2v) is 15.2. The predicted octanol–water partition coefficient (Wildman–Crippen LogP) is 14.2. The molecule has 0 bridgehead atoms. The Morgan fingerprint density at radius 1 is 0.581 bits per heavy atom. The summed E-state index contributed by atoms with van der Waals surface area (Å²) in [7, 11) is 0. The van der Waals surface area contributed by atoms with Crippen LogP contribution in [0.2, 0.25) is 0 Å². The van der Waals surface area contributed by atoms with Gasteiger partial charge in [-0.15, -0.1) is 0 Å². The molecule has 1 aliphatic rings. The number of para-hydroxylation sites is 3. The van der Waals surface area contributed by atoms with Crippen LogP contribution in [0.15, 0.2) is 238 Å². The Morgan fingerprint density at radius 2 is 1.27 bits per heavy atom. The van der Waals surface area contributed by atoms with E-state index in [1.165, 1.54) is 16.9 Å². The molecule has 10 rings (SSSR count). The summed E-state index contributed by atoms with van der Waals surface area (Å²) in [6.07, 6.45) is 24.8. The first-order chi connectivity index (χ1) is 30.7. The highest BCUT2D eigenvalue weighted by Crippen LogP contribution is 2.46. The zero-order valence-electron chi connectivity index (χ0n) is 34.2. The van der Waals surface area contributed by atoms with E-state index in [4.69, 9.17) is 15.0 Å².